The average molecular weight is 302 g/mol. The van der Waals surface area contributed by atoms with Gasteiger partial charge in [0.05, 0.1) is 0 Å². The molecule has 0 aliphatic heterocycles. The molecule has 114 valence electrons. The minimum absolute atomic E-state index is 0.947. The molecule has 0 fully saturated rings. The van der Waals surface area contributed by atoms with Crippen LogP contribution in [0.4, 0.5) is 0 Å². The van der Waals surface area contributed by atoms with E-state index in [1.54, 1.807) is 0 Å². The lowest BCUT2D eigenvalue weighted by Crippen LogP contribution is -2.23. The van der Waals surface area contributed by atoms with Crippen LogP contribution in [0.3, 0.4) is 0 Å². The Balaban J connectivity index is 2.28. The summed E-state index contributed by atoms with van der Waals surface area (Å²) in [5, 5.41) is 4.96. The molecule has 0 spiro atoms. The third-order valence-corrected chi connectivity index (χ3v) is 4.92. The molecule has 0 atom stereocenters. The van der Waals surface area contributed by atoms with Crippen molar-refractivity contribution in [3.8, 4) is 0 Å². The molecule has 0 bridgehead atoms. The molecule has 3 heteroatoms. The van der Waals surface area contributed by atoms with E-state index in [0.29, 0.717) is 0 Å². The lowest BCUT2D eigenvalue weighted by atomic mass is 10.1. The van der Waals surface area contributed by atoms with Gasteiger partial charge in [-0.15, -0.1) is 17.9 Å². The summed E-state index contributed by atoms with van der Waals surface area (Å²) < 4.78 is 1.40. The fraction of sp³-hybridized carbons (Fsp3) is 0.444. The van der Waals surface area contributed by atoms with Gasteiger partial charge in [-0.05, 0) is 36.5 Å². The number of likely N-dealkylation sites (N-methyl/N-ethyl adjacent to an activating group) is 1. The van der Waals surface area contributed by atoms with Crippen LogP contribution >= 0.6 is 11.3 Å². The van der Waals surface area contributed by atoms with E-state index in [4.69, 9.17) is 0 Å². The number of nitrogens with zero attached hydrogens (tertiary/aromatic N) is 1. The van der Waals surface area contributed by atoms with Crippen LogP contribution in [0.5, 0.6) is 0 Å². The number of fused-ring (bicyclic) bond motifs is 1. The maximum Gasteiger partial charge on any atom is 0.0349 e. The molecule has 2 aromatic rings. The monoisotopic (exact) mass is 302 g/mol. The zero-order valence-electron chi connectivity index (χ0n) is 13.2. The summed E-state index contributed by atoms with van der Waals surface area (Å²) in [7, 11) is 0. The van der Waals surface area contributed by atoms with Gasteiger partial charge in [-0.1, -0.05) is 38.1 Å². The van der Waals surface area contributed by atoms with Crippen LogP contribution in [-0.4, -0.2) is 24.5 Å². The molecule has 1 heterocycles. The highest BCUT2D eigenvalue weighted by atomic mass is 32.1. The van der Waals surface area contributed by atoms with E-state index in [9.17, 15) is 0 Å². The summed E-state index contributed by atoms with van der Waals surface area (Å²) in [6, 6.07) is 8.77. The Morgan fingerprint density at radius 1 is 1.29 bits per heavy atom. The van der Waals surface area contributed by atoms with Crippen LogP contribution in [0.1, 0.15) is 30.7 Å². The van der Waals surface area contributed by atoms with Gasteiger partial charge in [-0.3, -0.25) is 4.90 Å². The molecule has 0 aliphatic carbocycles. The second kappa shape index (κ2) is 8.32. The normalized spacial score (nSPS) is 11.4. The molecule has 2 rings (SSSR count). The van der Waals surface area contributed by atoms with Crippen molar-refractivity contribution in [3.05, 3.63) is 47.4 Å². The zero-order valence-corrected chi connectivity index (χ0v) is 14.0. The first kappa shape index (κ1) is 16.2. The molecule has 1 N–H and O–H groups in total. The third-order valence-electron chi connectivity index (χ3n) is 3.71. The minimum Gasteiger partial charge on any atom is -0.312 e. The molecule has 1 aromatic carbocycles. The van der Waals surface area contributed by atoms with Crippen molar-refractivity contribution in [1.82, 2.24) is 10.2 Å². The van der Waals surface area contributed by atoms with Gasteiger partial charge in [-0.2, -0.15) is 0 Å². The minimum atomic E-state index is 0.947. The van der Waals surface area contributed by atoms with E-state index >= 15 is 0 Å². The van der Waals surface area contributed by atoms with Crippen molar-refractivity contribution in [1.29, 1.82) is 0 Å². The van der Waals surface area contributed by atoms with Gasteiger partial charge < -0.3 is 5.32 Å². The van der Waals surface area contributed by atoms with Crippen molar-refractivity contribution in [2.24, 2.45) is 0 Å². The maximum atomic E-state index is 3.87. The fourth-order valence-electron chi connectivity index (χ4n) is 2.56. The first-order chi connectivity index (χ1) is 10.3. The number of hydrogen-bond donors (Lipinski definition) is 1. The van der Waals surface area contributed by atoms with Crippen LogP contribution in [0, 0.1) is 0 Å². The molecular formula is C18H26N2S. The molecule has 0 aliphatic rings. The molecule has 0 unspecified atom stereocenters. The highest BCUT2D eigenvalue weighted by Crippen LogP contribution is 2.32. The van der Waals surface area contributed by atoms with Crippen LogP contribution in [-0.2, 0) is 13.1 Å². The highest BCUT2D eigenvalue weighted by Gasteiger charge is 2.13. The topological polar surface area (TPSA) is 15.3 Å². The second-order valence-corrected chi connectivity index (χ2v) is 6.43. The van der Waals surface area contributed by atoms with Crippen molar-refractivity contribution in [3.63, 3.8) is 0 Å². The van der Waals surface area contributed by atoms with Gasteiger partial charge in [0.1, 0.15) is 0 Å². The van der Waals surface area contributed by atoms with Gasteiger partial charge in [0.25, 0.3) is 0 Å². The van der Waals surface area contributed by atoms with Crippen LogP contribution in [0.2, 0.25) is 0 Å². The SMILES string of the molecule is C=CCN(CC)Cc1c(CNCCC)sc2ccccc12. The Kier molecular flexibility index (Phi) is 6.43. The zero-order chi connectivity index (χ0) is 15.1. The predicted molar refractivity (Wildman–Crippen MR) is 95.0 cm³/mol. The molecule has 0 amide bonds. The maximum absolute atomic E-state index is 3.87. The molecule has 1 aromatic heterocycles. The van der Waals surface area contributed by atoms with E-state index < -0.39 is 0 Å². The van der Waals surface area contributed by atoms with Crippen molar-refractivity contribution in [2.75, 3.05) is 19.6 Å². The van der Waals surface area contributed by atoms with Crippen molar-refractivity contribution < 1.29 is 0 Å². The van der Waals surface area contributed by atoms with Gasteiger partial charge >= 0.3 is 0 Å². The summed E-state index contributed by atoms with van der Waals surface area (Å²) in [4.78, 5) is 3.91. The number of nitrogens with one attached hydrogen (secondary N) is 1. The smallest absolute Gasteiger partial charge is 0.0349 e. The lowest BCUT2D eigenvalue weighted by molar-refractivity contribution is 0.312. The first-order valence-electron chi connectivity index (χ1n) is 7.83. The number of rotatable bonds is 9. The van der Waals surface area contributed by atoms with Crippen LogP contribution in [0.25, 0.3) is 10.1 Å². The van der Waals surface area contributed by atoms with Crippen LogP contribution in [0.15, 0.2) is 36.9 Å². The van der Waals surface area contributed by atoms with E-state index in [0.717, 1.165) is 32.7 Å². The molecule has 0 radical (unpaired) electrons. The quantitative estimate of drug-likeness (QED) is 0.545. The fourth-order valence-corrected chi connectivity index (χ4v) is 3.74. The number of hydrogen-bond acceptors (Lipinski definition) is 3. The molecule has 0 saturated carbocycles. The largest absolute Gasteiger partial charge is 0.312 e. The van der Waals surface area contributed by atoms with E-state index in [-0.39, 0.29) is 0 Å². The summed E-state index contributed by atoms with van der Waals surface area (Å²) in [6.45, 7) is 13.4. The molecular weight excluding hydrogens is 276 g/mol. The summed E-state index contributed by atoms with van der Waals surface area (Å²) in [5.74, 6) is 0. The highest BCUT2D eigenvalue weighted by molar-refractivity contribution is 7.19. The first-order valence-corrected chi connectivity index (χ1v) is 8.65. The summed E-state index contributed by atoms with van der Waals surface area (Å²) in [6.07, 6.45) is 3.17. The molecule has 0 saturated heterocycles. The Morgan fingerprint density at radius 2 is 2.10 bits per heavy atom. The molecule has 21 heavy (non-hydrogen) atoms. The summed E-state index contributed by atoms with van der Waals surface area (Å²) in [5.41, 5.74) is 1.49. The Morgan fingerprint density at radius 3 is 2.81 bits per heavy atom. The number of thiophene rings is 1. The van der Waals surface area contributed by atoms with E-state index in [2.05, 4.69) is 54.9 Å². The Bertz CT molecular complexity index is 574. The standard InChI is InChI=1S/C18H26N2S/c1-4-11-19-13-18-16(14-20(6-3)12-5-2)15-9-7-8-10-17(15)21-18/h5,7-10,19H,2,4,6,11-14H2,1,3H3. The average Bonchev–Trinajstić information content (AvgIpc) is 2.85. The number of benzene rings is 1. The van der Waals surface area contributed by atoms with Crippen LogP contribution < -0.4 is 5.32 Å². The van der Waals surface area contributed by atoms with E-state index in [1.807, 2.05) is 17.4 Å². The Hall–Kier alpha value is -1.16. The van der Waals surface area contributed by atoms with Gasteiger partial charge in [0.15, 0.2) is 0 Å². The van der Waals surface area contributed by atoms with Gasteiger partial charge in [0.2, 0.25) is 0 Å². The lowest BCUT2D eigenvalue weighted by Gasteiger charge is -2.19. The predicted octanol–water partition coefficient (Wildman–Crippen LogP) is 4.41. The van der Waals surface area contributed by atoms with E-state index in [1.165, 1.54) is 26.9 Å². The summed E-state index contributed by atoms with van der Waals surface area (Å²) >= 11 is 1.93. The second-order valence-electron chi connectivity index (χ2n) is 5.29. The molecule has 2 nitrogen and oxygen atoms in total. The van der Waals surface area contributed by atoms with Crippen molar-refractivity contribution >= 4 is 21.4 Å². The third kappa shape index (κ3) is 4.16. The van der Waals surface area contributed by atoms with Crippen molar-refractivity contribution in [2.45, 2.75) is 33.4 Å². The van der Waals surface area contributed by atoms with Gasteiger partial charge in [0, 0.05) is 29.2 Å². The van der Waals surface area contributed by atoms with Gasteiger partial charge in [-0.25, -0.2) is 0 Å². The Labute approximate surface area is 132 Å².